The Labute approximate surface area is 743 Å². The number of aliphatic hydroxyl groups is 4. The van der Waals surface area contributed by atoms with Gasteiger partial charge in [-0.05, 0) is 194 Å². The Morgan fingerprint density at radius 3 is 1.00 bits per heavy atom. The van der Waals surface area contributed by atoms with E-state index in [1.165, 1.54) is 156 Å². The summed E-state index contributed by atoms with van der Waals surface area (Å²) >= 11 is 0. The fourth-order valence-corrected chi connectivity index (χ4v) is 12.6. The first kappa shape index (κ1) is 105. The molecule has 12 aromatic rings. The van der Waals surface area contributed by atoms with Gasteiger partial charge in [0.15, 0.2) is 23.1 Å². The van der Waals surface area contributed by atoms with E-state index in [9.17, 15) is 19.2 Å². The van der Waals surface area contributed by atoms with Crippen LogP contribution in [0.15, 0.2) is 217 Å². The van der Waals surface area contributed by atoms with Gasteiger partial charge in [0, 0.05) is 129 Å². The van der Waals surface area contributed by atoms with Crippen LogP contribution >= 0.6 is 0 Å². The van der Waals surface area contributed by atoms with Gasteiger partial charge >= 0.3 is 0 Å². The van der Waals surface area contributed by atoms with E-state index < -0.39 is 0 Å². The number of rotatable bonds is 13. The fourth-order valence-electron chi connectivity index (χ4n) is 12.6. The van der Waals surface area contributed by atoms with E-state index in [0.717, 1.165) is 91.5 Å². The maximum atomic E-state index is 10.0. The summed E-state index contributed by atoms with van der Waals surface area (Å²) in [5.41, 5.74) is 23.1. The first-order chi connectivity index (χ1) is 52.7. The van der Waals surface area contributed by atoms with Crippen molar-refractivity contribution in [2.45, 2.75) is 178 Å². The third-order valence-corrected chi connectivity index (χ3v) is 16.5. The quantitative estimate of drug-likeness (QED) is 0.0484. The number of fused-ring (bicyclic) bond motifs is 4. The Hall–Kier alpha value is -9.16. The topological polar surface area (TPSA) is 201 Å². The standard InChI is InChI=1S/2C21H22N.C20H20N.C18H16N.4C5H8O2.4Ir/c1-14(2)9-17-5-6-18-7-8-22-21(20(18)13-17)19-11-15(3)10-16(4)12-19;1-14(2)9-19-13-17-7-5-6-8-20(17)21(22-19)18-11-15(3)10-16(4)12-18;1-13(2)17-6-5-16-7-8-21-20(19(16)12-17)18-10-14(3)9-15(4)11-18;1-12-8-13(2)10-16(9-12)18-17-7-5-4-6-15(17)11-14(3)19-18;4*1-4(6)3-5(2)7;;;;/h2*5-8,10-11,13-14H,9H2,1-4H3;5-10,12-13H,1-4H3;4-9,11H,1-3H3;4*3,6H,1-2H3;;;;/q4*-1;;;;;;;;. The van der Waals surface area contributed by atoms with Gasteiger partial charge in [-0.2, -0.15) is 0 Å². The third-order valence-electron chi connectivity index (χ3n) is 16.5. The van der Waals surface area contributed by atoms with Crippen LogP contribution in [-0.4, -0.2) is 63.5 Å². The summed E-state index contributed by atoms with van der Waals surface area (Å²) in [6.45, 7) is 43.7. The van der Waals surface area contributed by atoms with Crippen molar-refractivity contribution in [3.8, 4) is 45.0 Å². The first-order valence-corrected chi connectivity index (χ1v) is 37.8. The first-order valence-electron chi connectivity index (χ1n) is 37.8. The Bertz CT molecular complexity index is 5200. The molecule has 4 heterocycles. The summed E-state index contributed by atoms with van der Waals surface area (Å²) in [4.78, 5) is 59.0. The van der Waals surface area contributed by atoms with Gasteiger partial charge in [-0.3, -0.25) is 19.2 Å². The van der Waals surface area contributed by atoms with Crippen LogP contribution < -0.4 is 0 Å². The maximum Gasteiger partial charge on any atom is 0.155 e. The minimum absolute atomic E-state index is 0. The van der Waals surface area contributed by atoms with Crippen molar-refractivity contribution < 1.29 is 120 Å². The molecule has 0 aliphatic carbocycles. The molecule has 12 rings (SSSR count). The minimum Gasteiger partial charge on any atom is -0.512 e. The van der Waals surface area contributed by atoms with Crippen LogP contribution in [0.3, 0.4) is 0 Å². The summed E-state index contributed by atoms with van der Waals surface area (Å²) in [5, 5.41) is 43.3. The average Bonchev–Trinajstić information content (AvgIpc) is 0.800. The van der Waals surface area contributed by atoms with Gasteiger partial charge in [0.2, 0.25) is 0 Å². The molecule has 0 atom stereocenters. The normalized spacial score (nSPS) is 10.9. The van der Waals surface area contributed by atoms with Crippen molar-refractivity contribution in [1.82, 2.24) is 19.9 Å². The molecule has 0 spiro atoms. The van der Waals surface area contributed by atoms with Crippen LogP contribution in [0.5, 0.6) is 0 Å². The second-order valence-electron chi connectivity index (χ2n) is 29.8. The molecule has 0 bridgehead atoms. The van der Waals surface area contributed by atoms with Crippen molar-refractivity contribution in [3.05, 3.63) is 309 Å². The van der Waals surface area contributed by atoms with Crippen LogP contribution in [0, 0.1) is 98.4 Å². The smallest absolute Gasteiger partial charge is 0.155 e. The zero-order valence-electron chi connectivity index (χ0n) is 71.2. The molecular formula is C100H112Ir4N4O8-4. The van der Waals surface area contributed by atoms with E-state index in [0.29, 0.717) is 17.8 Å². The predicted octanol–water partition coefficient (Wildman–Crippen LogP) is 25.2. The number of aromatic nitrogens is 4. The van der Waals surface area contributed by atoms with E-state index in [1.807, 2.05) is 19.3 Å². The van der Waals surface area contributed by atoms with Crippen LogP contribution in [0.4, 0.5) is 0 Å². The number of benzene rings is 8. The number of carbonyl (C=O) groups is 4. The number of nitrogens with zero attached hydrogens (tertiary/aromatic N) is 4. The molecule has 4 aromatic heterocycles. The summed E-state index contributed by atoms with van der Waals surface area (Å²) in [6, 6.07) is 69.9. The predicted molar refractivity (Wildman–Crippen MR) is 466 cm³/mol. The number of carbonyl (C=O) groups excluding carboxylic acids is 4. The van der Waals surface area contributed by atoms with Gasteiger partial charge in [0.05, 0.1) is 23.0 Å². The molecule has 0 fully saturated rings. The molecule has 0 unspecified atom stereocenters. The second-order valence-corrected chi connectivity index (χ2v) is 29.8. The van der Waals surface area contributed by atoms with E-state index >= 15 is 0 Å². The van der Waals surface area contributed by atoms with Gasteiger partial charge in [-0.25, -0.2) is 0 Å². The molecule has 0 saturated carbocycles. The fraction of sp³-hybridized carbons (Fsp3) is 0.280. The van der Waals surface area contributed by atoms with Crippen LogP contribution in [0.25, 0.3) is 88.1 Å². The van der Waals surface area contributed by atoms with Gasteiger partial charge < -0.3 is 40.4 Å². The maximum absolute atomic E-state index is 10.0. The number of hydrogen-bond donors (Lipinski definition) is 4. The molecule has 0 aliphatic heterocycles. The monoisotopic (exact) mass is 2270 g/mol. The number of hydrogen-bond acceptors (Lipinski definition) is 12. The summed E-state index contributed by atoms with van der Waals surface area (Å²) in [7, 11) is 0. The Balaban J connectivity index is 0.000000690. The van der Waals surface area contributed by atoms with Gasteiger partial charge in [0.25, 0.3) is 0 Å². The molecule has 8 aromatic carbocycles. The molecule has 0 aliphatic rings. The van der Waals surface area contributed by atoms with Crippen LogP contribution in [0.2, 0.25) is 0 Å². The van der Waals surface area contributed by atoms with E-state index in [1.54, 1.807) is 0 Å². The van der Waals surface area contributed by atoms with Gasteiger partial charge in [-0.15, -0.1) is 140 Å². The van der Waals surface area contributed by atoms with Crippen LogP contribution in [-0.2, 0) is 112 Å². The van der Waals surface area contributed by atoms with E-state index in [4.69, 9.17) is 30.4 Å². The Morgan fingerprint density at radius 2 is 0.672 bits per heavy atom. The van der Waals surface area contributed by atoms with E-state index in [2.05, 4.69) is 289 Å². The van der Waals surface area contributed by atoms with Crippen molar-refractivity contribution >= 4 is 66.2 Å². The van der Waals surface area contributed by atoms with Gasteiger partial charge in [-0.1, -0.05) is 182 Å². The zero-order valence-corrected chi connectivity index (χ0v) is 80.7. The van der Waals surface area contributed by atoms with Crippen molar-refractivity contribution in [2.24, 2.45) is 11.8 Å². The van der Waals surface area contributed by atoms with Crippen molar-refractivity contribution in [1.29, 1.82) is 0 Å². The number of pyridine rings is 4. The number of aliphatic hydroxyl groups excluding tert-OH is 4. The molecule has 16 heteroatoms. The summed E-state index contributed by atoms with van der Waals surface area (Å²) in [5.74, 6) is 1.53. The molecular weight excluding hydrogens is 2150 g/mol. The molecule has 4 radical (unpaired) electrons. The largest absolute Gasteiger partial charge is 0.512 e. The van der Waals surface area contributed by atoms with Crippen LogP contribution in [0.1, 0.15) is 170 Å². The molecule has 620 valence electrons. The van der Waals surface area contributed by atoms with Crippen molar-refractivity contribution in [3.63, 3.8) is 0 Å². The minimum atomic E-state index is -0.125. The second kappa shape index (κ2) is 51.8. The van der Waals surface area contributed by atoms with E-state index in [-0.39, 0.29) is 127 Å². The third kappa shape index (κ3) is 37.0. The molecule has 12 nitrogen and oxygen atoms in total. The summed E-state index contributed by atoms with van der Waals surface area (Å²) in [6.07, 6.45) is 10.5. The average molecular weight is 2270 g/mol. The Morgan fingerprint density at radius 1 is 0.345 bits per heavy atom. The molecule has 4 N–H and O–H groups in total. The summed E-state index contributed by atoms with van der Waals surface area (Å²) < 4.78 is 0. The van der Waals surface area contributed by atoms with Gasteiger partial charge in [0.1, 0.15) is 0 Å². The molecule has 0 saturated heterocycles. The Kier molecular flexibility index (Phi) is 46.8. The van der Waals surface area contributed by atoms with Crippen molar-refractivity contribution in [2.75, 3.05) is 0 Å². The number of aryl methyl sites for hydroxylation is 9. The SMILES string of the molecule is CC(=O)C=C(C)O.CC(=O)C=C(C)O.CC(=O)C=C(C)O.CC(=O)C=C(C)O.Cc1[c-]c(-c2nc(C)cc3ccccc23)cc(C)c1.Cc1[c-]c(-c2nc(CC(C)C)cc3ccccc23)cc(C)c1.Cc1[c-]c(-c2nccc3ccc(C(C)C)cc23)cc(C)c1.Cc1[c-]c(-c2nccc3ccc(CC(C)C)cc23)cc(C)c1.[Ir].[Ir].[Ir].[Ir]. The zero-order chi connectivity index (χ0) is 83.2. The molecule has 116 heavy (non-hydrogen) atoms. The molecule has 0 amide bonds. The number of allylic oxidation sites excluding steroid dienone is 8. The number of ketones is 4.